The Kier molecular flexibility index (Phi) is 2.33. The van der Waals surface area contributed by atoms with E-state index in [-0.39, 0.29) is 23.3 Å². The van der Waals surface area contributed by atoms with Gasteiger partial charge >= 0.3 is 0 Å². The molecule has 1 aromatic carbocycles. The Bertz CT molecular complexity index is 612. The molecule has 0 fully saturated rings. The topological polar surface area (TPSA) is 77.8 Å². The fraction of sp³-hybridized carbons (Fsp3) is 0.143. The third-order valence-electron chi connectivity index (χ3n) is 3.31. The minimum Gasteiger partial charge on any atom is -0.508 e. The van der Waals surface area contributed by atoms with Crippen molar-refractivity contribution in [2.24, 2.45) is 0 Å². The molecule has 5 nitrogen and oxygen atoms in total. The van der Waals surface area contributed by atoms with E-state index in [0.717, 1.165) is 4.90 Å². The smallest absolute Gasteiger partial charge is 0.264 e. The van der Waals surface area contributed by atoms with E-state index < -0.39 is 17.5 Å². The van der Waals surface area contributed by atoms with Gasteiger partial charge in [-0.05, 0) is 30.4 Å². The fourth-order valence-corrected chi connectivity index (χ4v) is 2.32. The standard InChI is InChI=1S/C14H11NO4/c16-9-5-7-14(19,8-6-9)15-12(17)10-3-1-2-4-11(10)13(15)18/h1-7,16,19H,8H2. The number of aliphatic hydroxyl groups excluding tert-OH is 1. The van der Waals surface area contributed by atoms with Crippen molar-refractivity contribution in [1.82, 2.24) is 4.90 Å². The average Bonchev–Trinajstić information content (AvgIpc) is 2.67. The maximum Gasteiger partial charge on any atom is 0.264 e. The molecule has 0 radical (unpaired) electrons. The summed E-state index contributed by atoms with van der Waals surface area (Å²) in [5, 5.41) is 19.7. The van der Waals surface area contributed by atoms with Crippen molar-refractivity contribution < 1.29 is 19.8 Å². The molecule has 96 valence electrons. The number of imide groups is 1. The second-order valence-corrected chi connectivity index (χ2v) is 4.54. The maximum absolute atomic E-state index is 12.2. The summed E-state index contributed by atoms with van der Waals surface area (Å²) < 4.78 is 0. The van der Waals surface area contributed by atoms with Crippen molar-refractivity contribution in [3.05, 3.63) is 59.4 Å². The molecular weight excluding hydrogens is 246 g/mol. The molecule has 1 aliphatic carbocycles. The van der Waals surface area contributed by atoms with E-state index in [9.17, 15) is 19.8 Å². The van der Waals surface area contributed by atoms with Gasteiger partial charge in [0, 0.05) is 6.42 Å². The molecule has 1 aliphatic heterocycles. The number of amides is 2. The number of allylic oxidation sites excluding steroid dienone is 1. The first kappa shape index (κ1) is 11.7. The normalized spacial score (nSPS) is 25.5. The van der Waals surface area contributed by atoms with Gasteiger partial charge in [-0.2, -0.15) is 0 Å². The molecule has 0 aromatic heterocycles. The van der Waals surface area contributed by atoms with Gasteiger partial charge in [-0.3, -0.25) is 9.59 Å². The first-order valence-corrected chi connectivity index (χ1v) is 5.81. The van der Waals surface area contributed by atoms with Gasteiger partial charge in [-0.25, -0.2) is 4.90 Å². The minimum absolute atomic E-state index is 0.00119. The number of fused-ring (bicyclic) bond motifs is 1. The summed E-state index contributed by atoms with van der Waals surface area (Å²) in [7, 11) is 0. The van der Waals surface area contributed by atoms with E-state index in [0.29, 0.717) is 0 Å². The zero-order valence-electron chi connectivity index (χ0n) is 9.91. The molecule has 0 bridgehead atoms. The number of benzene rings is 1. The Labute approximate surface area is 109 Å². The van der Waals surface area contributed by atoms with Crippen LogP contribution in [0.1, 0.15) is 27.1 Å². The zero-order valence-corrected chi connectivity index (χ0v) is 9.91. The lowest BCUT2D eigenvalue weighted by Crippen LogP contribution is -2.50. The molecule has 1 aromatic rings. The first-order chi connectivity index (χ1) is 9.03. The predicted molar refractivity (Wildman–Crippen MR) is 66.4 cm³/mol. The van der Waals surface area contributed by atoms with Crippen LogP contribution in [0.25, 0.3) is 0 Å². The maximum atomic E-state index is 12.2. The summed E-state index contributed by atoms with van der Waals surface area (Å²) in [4.78, 5) is 25.3. The SMILES string of the molecule is O=C1c2ccccc2C(=O)N1C1(O)C=CC(O)=CC1. The summed E-state index contributed by atoms with van der Waals surface area (Å²) in [6.07, 6.45) is 3.86. The third kappa shape index (κ3) is 1.59. The molecule has 2 amide bonds. The van der Waals surface area contributed by atoms with Gasteiger partial charge in [0.25, 0.3) is 11.8 Å². The zero-order chi connectivity index (χ0) is 13.6. The van der Waals surface area contributed by atoms with Gasteiger partial charge in [-0.1, -0.05) is 12.1 Å². The van der Waals surface area contributed by atoms with Crippen molar-refractivity contribution in [2.45, 2.75) is 12.1 Å². The molecule has 0 saturated carbocycles. The minimum atomic E-state index is -1.72. The Hall–Kier alpha value is -2.40. The highest BCUT2D eigenvalue weighted by atomic mass is 16.3. The number of carbonyl (C=O) groups excluding carboxylic acids is 2. The molecule has 0 saturated heterocycles. The lowest BCUT2D eigenvalue weighted by atomic mass is 10.0. The monoisotopic (exact) mass is 257 g/mol. The summed E-state index contributed by atoms with van der Waals surface area (Å²) in [6.45, 7) is 0. The van der Waals surface area contributed by atoms with Gasteiger partial charge in [0.2, 0.25) is 0 Å². The van der Waals surface area contributed by atoms with Crippen molar-refractivity contribution in [3.8, 4) is 0 Å². The summed E-state index contributed by atoms with van der Waals surface area (Å²) in [5.41, 5.74) is -1.15. The number of rotatable bonds is 1. The number of hydrogen-bond acceptors (Lipinski definition) is 4. The number of nitrogens with zero attached hydrogens (tertiary/aromatic N) is 1. The van der Waals surface area contributed by atoms with Gasteiger partial charge < -0.3 is 10.2 Å². The van der Waals surface area contributed by atoms with E-state index in [1.165, 1.54) is 18.2 Å². The van der Waals surface area contributed by atoms with Crippen LogP contribution >= 0.6 is 0 Å². The third-order valence-corrected chi connectivity index (χ3v) is 3.31. The van der Waals surface area contributed by atoms with E-state index >= 15 is 0 Å². The van der Waals surface area contributed by atoms with Crippen molar-refractivity contribution in [2.75, 3.05) is 0 Å². The number of carbonyl (C=O) groups is 2. The highest BCUT2D eigenvalue weighted by Crippen LogP contribution is 2.33. The van der Waals surface area contributed by atoms with Crippen LogP contribution in [-0.4, -0.2) is 32.7 Å². The van der Waals surface area contributed by atoms with Crippen LogP contribution in [0, 0.1) is 0 Å². The van der Waals surface area contributed by atoms with Crippen molar-refractivity contribution >= 4 is 11.8 Å². The van der Waals surface area contributed by atoms with Crippen LogP contribution in [0.3, 0.4) is 0 Å². The predicted octanol–water partition coefficient (Wildman–Crippen LogP) is 1.37. The van der Waals surface area contributed by atoms with Crippen LogP contribution < -0.4 is 0 Å². The molecule has 3 rings (SSSR count). The molecule has 0 spiro atoms. The van der Waals surface area contributed by atoms with E-state index in [1.807, 2.05) is 0 Å². The largest absolute Gasteiger partial charge is 0.508 e. The second kappa shape index (κ2) is 3.80. The van der Waals surface area contributed by atoms with Crippen molar-refractivity contribution in [3.63, 3.8) is 0 Å². The van der Waals surface area contributed by atoms with E-state index in [2.05, 4.69) is 0 Å². The Morgan fingerprint density at radius 1 is 1.11 bits per heavy atom. The van der Waals surface area contributed by atoms with Gasteiger partial charge in [-0.15, -0.1) is 0 Å². The summed E-state index contributed by atoms with van der Waals surface area (Å²) in [5.74, 6) is -1.05. The molecular formula is C14H11NO4. The molecule has 2 aliphatic rings. The number of aliphatic hydroxyl groups is 2. The van der Waals surface area contributed by atoms with E-state index in [4.69, 9.17) is 0 Å². The van der Waals surface area contributed by atoms with Crippen LogP contribution in [0.2, 0.25) is 0 Å². The first-order valence-electron chi connectivity index (χ1n) is 5.81. The molecule has 1 heterocycles. The van der Waals surface area contributed by atoms with Crippen molar-refractivity contribution in [1.29, 1.82) is 0 Å². The van der Waals surface area contributed by atoms with Gasteiger partial charge in [0.1, 0.15) is 5.76 Å². The Morgan fingerprint density at radius 2 is 1.68 bits per heavy atom. The Balaban J connectivity index is 2.04. The summed E-state index contributed by atoms with van der Waals surface area (Å²) >= 11 is 0. The highest BCUT2D eigenvalue weighted by molar-refractivity contribution is 6.21. The van der Waals surface area contributed by atoms with E-state index in [1.54, 1.807) is 24.3 Å². The fourth-order valence-electron chi connectivity index (χ4n) is 2.32. The molecule has 19 heavy (non-hydrogen) atoms. The second-order valence-electron chi connectivity index (χ2n) is 4.54. The Morgan fingerprint density at radius 3 is 2.16 bits per heavy atom. The number of hydrogen-bond donors (Lipinski definition) is 2. The lowest BCUT2D eigenvalue weighted by molar-refractivity contribution is -0.0328. The quantitative estimate of drug-likeness (QED) is 0.745. The highest BCUT2D eigenvalue weighted by Gasteiger charge is 2.46. The average molecular weight is 257 g/mol. The van der Waals surface area contributed by atoms with Crippen LogP contribution in [0.5, 0.6) is 0 Å². The van der Waals surface area contributed by atoms with Gasteiger partial charge in [0.05, 0.1) is 11.1 Å². The van der Waals surface area contributed by atoms with Crippen LogP contribution in [0.4, 0.5) is 0 Å². The lowest BCUT2D eigenvalue weighted by Gasteiger charge is -2.33. The summed E-state index contributed by atoms with van der Waals surface area (Å²) in [6, 6.07) is 6.44. The molecule has 1 atom stereocenters. The van der Waals surface area contributed by atoms with Crippen LogP contribution in [0.15, 0.2) is 48.3 Å². The van der Waals surface area contributed by atoms with Gasteiger partial charge in [0.15, 0.2) is 5.72 Å². The van der Waals surface area contributed by atoms with Crippen LogP contribution in [-0.2, 0) is 0 Å². The molecule has 5 heteroatoms. The molecule has 2 N–H and O–H groups in total. The molecule has 1 unspecified atom stereocenters.